The highest BCUT2D eigenvalue weighted by atomic mass is 16.2. The van der Waals surface area contributed by atoms with E-state index in [0.29, 0.717) is 25.1 Å². The van der Waals surface area contributed by atoms with Crippen LogP contribution in [0.5, 0.6) is 0 Å². The summed E-state index contributed by atoms with van der Waals surface area (Å²) < 4.78 is 0. The molecule has 136 valence electrons. The van der Waals surface area contributed by atoms with E-state index in [1.807, 2.05) is 24.3 Å². The third-order valence-electron chi connectivity index (χ3n) is 4.52. The monoisotopic (exact) mass is 353 g/mol. The average molecular weight is 353 g/mol. The maximum Gasteiger partial charge on any atom is 0.254 e. The number of likely N-dealkylation sites (N-methyl/N-ethyl adjacent to an activating group) is 1. The van der Waals surface area contributed by atoms with Gasteiger partial charge in [-0.1, -0.05) is 0 Å². The molecule has 2 aromatic rings. The van der Waals surface area contributed by atoms with Crippen molar-refractivity contribution in [2.24, 2.45) is 5.73 Å². The molecule has 3 rings (SSSR count). The van der Waals surface area contributed by atoms with Crippen LogP contribution in [0.4, 0.5) is 5.69 Å². The first-order valence-electron chi connectivity index (χ1n) is 8.59. The molecular weight excluding hydrogens is 330 g/mol. The number of pyridine rings is 1. The second-order valence-corrected chi connectivity index (χ2v) is 6.37. The van der Waals surface area contributed by atoms with E-state index in [9.17, 15) is 9.59 Å². The molecule has 0 spiro atoms. The summed E-state index contributed by atoms with van der Waals surface area (Å²) >= 11 is 0. The number of carbonyl (C=O) groups is 2. The lowest BCUT2D eigenvalue weighted by molar-refractivity contribution is -0.124. The van der Waals surface area contributed by atoms with Gasteiger partial charge in [-0.2, -0.15) is 0 Å². The molecule has 0 saturated carbocycles. The first kappa shape index (κ1) is 17.9. The quantitative estimate of drug-likeness (QED) is 0.744. The van der Waals surface area contributed by atoms with E-state index in [-0.39, 0.29) is 17.9 Å². The molecule has 0 radical (unpaired) electrons. The molecule has 26 heavy (non-hydrogen) atoms. The molecule has 7 nitrogen and oxygen atoms in total. The van der Waals surface area contributed by atoms with Crippen molar-refractivity contribution in [3.05, 3.63) is 59.9 Å². The topological polar surface area (TPSA) is 100 Å². The molecule has 7 heteroatoms. The van der Waals surface area contributed by atoms with E-state index in [0.717, 1.165) is 11.3 Å². The summed E-state index contributed by atoms with van der Waals surface area (Å²) in [5, 5.41) is 5.91. The van der Waals surface area contributed by atoms with Crippen molar-refractivity contribution in [3.8, 4) is 0 Å². The first-order valence-corrected chi connectivity index (χ1v) is 8.59. The Labute approximate surface area is 152 Å². The molecule has 1 aliphatic heterocycles. The van der Waals surface area contributed by atoms with Gasteiger partial charge in [0.05, 0.1) is 0 Å². The molecule has 1 fully saturated rings. The van der Waals surface area contributed by atoms with Gasteiger partial charge in [-0.25, -0.2) is 0 Å². The van der Waals surface area contributed by atoms with Crippen LogP contribution in [0.3, 0.4) is 0 Å². The van der Waals surface area contributed by atoms with Crippen molar-refractivity contribution in [3.63, 3.8) is 0 Å². The average Bonchev–Trinajstić information content (AvgIpc) is 3.08. The van der Waals surface area contributed by atoms with Gasteiger partial charge in [0.2, 0.25) is 5.91 Å². The zero-order valence-electron chi connectivity index (χ0n) is 14.7. The van der Waals surface area contributed by atoms with E-state index in [4.69, 9.17) is 5.73 Å². The predicted molar refractivity (Wildman–Crippen MR) is 99.5 cm³/mol. The molecular formula is C19H23N5O2. The second-order valence-electron chi connectivity index (χ2n) is 6.37. The highest BCUT2D eigenvalue weighted by molar-refractivity contribution is 5.98. The van der Waals surface area contributed by atoms with Crippen molar-refractivity contribution in [1.82, 2.24) is 15.2 Å². The molecule has 2 atom stereocenters. The Morgan fingerprint density at radius 2 is 1.88 bits per heavy atom. The number of carbonyl (C=O) groups excluding carboxylic acids is 2. The van der Waals surface area contributed by atoms with E-state index >= 15 is 0 Å². The summed E-state index contributed by atoms with van der Waals surface area (Å²) in [5.74, 6) is -0.353. The predicted octanol–water partition coefficient (Wildman–Crippen LogP) is 0.982. The van der Waals surface area contributed by atoms with Crippen molar-refractivity contribution in [2.75, 3.05) is 18.9 Å². The minimum atomic E-state index is -0.507. The minimum absolute atomic E-state index is 0.174. The number of anilines is 1. The van der Waals surface area contributed by atoms with Crippen LogP contribution in [0.2, 0.25) is 0 Å². The van der Waals surface area contributed by atoms with Crippen LogP contribution in [0, 0.1) is 0 Å². The van der Waals surface area contributed by atoms with Gasteiger partial charge >= 0.3 is 0 Å². The van der Waals surface area contributed by atoms with Gasteiger partial charge in [0.25, 0.3) is 5.91 Å². The van der Waals surface area contributed by atoms with E-state index < -0.39 is 6.04 Å². The van der Waals surface area contributed by atoms with Gasteiger partial charge in [-0.3, -0.25) is 14.6 Å². The fraction of sp³-hybridized carbons (Fsp3) is 0.316. The summed E-state index contributed by atoms with van der Waals surface area (Å²) in [6, 6.07) is 10.5. The lowest BCUT2D eigenvalue weighted by Gasteiger charge is -2.23. The van der Waals surface area contributed by atoms with E-state index in [1.165, 1.54) is 0 Å². The van der Waals surface area contributed by atoms with Gasteiger partial charge < -0.3 is 21.3 Å². The SMILES string of the molecule is CNC(=O)[C@@H]1C[C@H](N)CN1C(=O)c1ccc(NCc2ccncc2)cc1. The molecule has 1 saturated heterocycles. The van der Waals surface area contributed by atoms with Crippen LogP contribution in [0.25, 0.3) is 0 Å². The van der Waals surface area contributed by atoms with Gasteiger partial charge in [-0.05, 0) is 48.4 Å². The fourth-order valence-corrected chi connectivity index (χ4v) is 3.11. The number of nitrogens with zero attached hydrogens (tertiary/aromatic N) is 2. The third-order valence-corrected chi connectivity index (χ3v) is 4.52. The standard InChI is InChI=1S/C19H23N5O2/c1-21-18(25)17-10-15(20)12-24(17)19(26)14-2-4-16(5-3-14)23-11-13-6-8-22-9-7-13/h2-9,15,17,23H,10-12,20H2,1H3,(H,21,25)/t15-,17-/m0/s1. The summed E-state index contributed by atoms with van der Waals surface area (Å²) in [6.45, 7) is 1.06. The number of rotatable bonds is 5. The molecule has 0 unspecified atom stereocenters. The maximum absolute atomic E-state index is 12.8. The summed E-state index contributed by atoms with van der Waals surface area (Å²) in [7, 11) is 1.57. The van der Waals surface area contributed by atoms with Crippen LogP contribution in [0.1, 0.15) is 22.3 Å². The Kier molecular flexibility index (Phi) is 5.48. The number of hydrogen-bond acceptors (Lipinski definition) is 5. The smallest absolute Gasteiger partial charge is 0.254 e. The molecule has 0 aliphatic carbocycles. The van der Waals surface area contributed by atoms with Crippen molar-refractivity contribution in [1.29, 1.82) is 0 Å². The Balaban J connectivity index is 1.65. The number of hydrogen-bond donors (Lipinski definition) is 3. The number of benzene rings is 1. The Bertz CT molecular complexity index is 763. The fourth-order valence-electron chi connectivity index (χ4n) is 3.11. The van der Waals surface area contributed by atoms with Crippen LogP contribution in [-0.2, 0) is 11.3 Å². The van der Waals surface area contributed by atoms with E-state index in [1.54, 1.807) is 36.5 Å². The number of nitrogens with two attached hydrogens (primary N) is 1. The molecule has 2 heterocycles. The largest absolute Gasteiger partial charge is 0.381 e. The molecule has 4 N–H and O–H groups in total. The highest BCUT2D eigenvalue weighted by Gasteiger charge is 2.37. The van der Waals surface area contributed by atoms with Gasteiger partial charge in [-0.15, -0.1) is 0 Å². The Hall–Kier alpha value is -2.93. The molecule has 1 aromatic carbocycles. The maximum atomic E-state index is 12.8. The normalized spacial score (nSPS) is 19.2. The van der Waals surface area contributed by atoms with Gasteiger partial charge in [0.15, 0.2) is 0 Å². The lowest BCUT2D eigenvalue weighted by Crippen LogP contribution is -2.45. The van der Waals surface area contributed by atoms with Crippen LogP contribution < -0.4 is 16.4 Å². The lowest BCUT2D eigenvalue weighted by atomic mass is 10.1. The zero-order valence-corrected chi connectivity index (χ0v) is 14.7. The summed E-state index contributed by atoms with van der Waals surface area (Å²) in [5.41, 5.74) is 8.54. The van der Waals surface area contributed by atoms with Crippen LogP contribution in [-0.4, -0.2) is 47.4 Å². The molecule has 2 amide bonds. The molecule has 1 aromatic heterocycles. The second kappa shape index (κ2) is 7.97. The number of amides is 2. The summed E-state index contributed by atoms with van der Waals surface area (Å²) in [4.78, 5) is 30.3. The van der Waals surface area contributed by atoms with Crippen LogP contribution >= 0.6 is 0 Å². The number of aromatic nitrogens is 1. The number of likely N-dealkylation sites (tertiary alicyclic amines) is 1. The van der Waals surface area contributed by atoms with E-state index in [2.05, 4.69) is 15.6 Å². The van der Waals surface area contributed by atoms with Crippen molar-refractivity contribution < 1.29 is 9.59 Å². The van der Waals surface area contributed by atoms with Crippen molar-refractivity contribution >= 4 is 17.5 Å². The molecule has 1 aliphatic rings. The van der Waals surface area contributed by atoms with Crippen LogP contribution in [0.15, 0.2) is 48.8 Å². The van der Waals surface area contributed by atoms with Gasteiger partial charge in [0, 0.05) is 49.8 Å². The zero-order chi connectivity index (χ0) is 18.5. The van der Waals surface area contributed by atoms with Crippen molar-refractivity contribution in [2.45, 2.75) is 25.0 Å². The first-order chi connectivity index (χ1) is 12.6. The molecule has 0 bridgehead atoms. The Morgan fingerprint density at radius 3 is 2.54 bits per heavy atom. The minimum Gasteiger partial charge on any atom is -0.381 e. The third kappa shape index (κ3) is 4.00. The van der Waals surface area contributed by atoms with Gasteiger partial charge in [0.1, 0.15) is 6.04 Å². The Morgan fingerprint density at radius 1 is 1.19 bits per heavy atom. The number of nitrogens with one attached hydrogen (secondary N) is 2. The summed E-state index contributed by atoms with van der Waals surface area (Å²) in [6.07, 6.45) is 3.99. The highest BCUT2D eigenvalue weighted by Crippen LogP contribution is 2.21.